The molecule has 2 rings (SSSR count). The summed E-state index contributed by atoms with van der Waals surface area (Å²) in [5.74, 6) is 0.470. The normalized spacial score (nSPS) is 10.1. The molecule has 2 aromatic rings. The van der Waals surface area contributed by atoms with Crippen molar-refractivity contribution in [1.82, 2.24) is 4.98 Å². The molecule has 0 atom stereocenters. The Hall–Kier alpha value is -2.08. The van der Waals surface area contributed by atoms with Gasteiger partial charge < -0.3 is 15.8 Å². The van der Waals surface area contributed by atoms with Gasteiger partial charge in [0.1, 0.15) is 5.75 Å². The number of nitrogens with two attached hydrogens (primary N) is 1. The second-order valence-corrected chi connectivity index (χ2v) is 4.99. The van der Waals surface area contributed by atoms with Crippen LogP contribution in [-0.2, 0) is 4.79 Å². The van der Waals surface area contributed by atoms with Gasteiger partial charge in [-0.1, -0.05) is 12.1 Å². The van der Waals surface area contributed by atoms with E-state index in [4.69, 9.17) is 10.5 Å². The van der Waals surface area contributed by atoms with Gasteiger partial charge in [0.25, 0.3) is 0 Å². The van der Waals surface area contributed by atoms with E-state index in [0.717, 1.165) is 4.47 Å². The van der Waals surface area contributed by atoms with Crippen molar-refractivity contribution in [3.63, 3.8) is 0 Å². The first-order valence-electron chi connectivity index (χ1n) is 6.03. The zero-order chi connectivity index (χ0) is 14.4. The summed E-state index contributed by atoms with van der Waals surface area (Å²) in [7, 11) is 0. The number of hydrogen-bond acceptors (Lipinski definition) is 4. The molecule has 0 bridgehead atoms. The maximum Gasteiger partial charge on any atom is 0.227 e. The molecule has 1 heterocycles. The van der Waals surface area contributed by atoms with Crippen molar-refractivity contribution in [2.75, 3.05) is 17.7 Å². The third-order valence-electron chi connectivity index (χ3n) is 2.51. The average molecular weight is 336 g/mol. The molecule has 1 aromatic carbocycles. The molecule has 20 heavy (non-hydrogen) atoms. The molecule has 104 valence electrons. The fraction of sp³-hybridized carbons (Fsp3) is 0.143. The summed E-state index contributed by atoms with van der Waals surface area (Å²) < 4.78 is 6.27. The number of rotatable bonds is 5. The van der Waals surface area contributed by atoms with Gasteiger partial charge in [-0.25, -0.2) is 0 Å². The van der Waals surface area contributed by atoms with Crippen LogP contribution in [0.15, 0.2) is 47.2 Å². The maximum absolute atomic E-state index is 11.8. The fourth-order valence-corrected chi connectivity index (χ4v) is 1.90. The first-order valence-corrected chi connectivity index (χ1v) is 6.82. The molecule has 5 nitrogen and oxygen atoms in total. The van der Waals surface area contributed by atoms with Crippen LogP contribution in [0.4, 0.5) is 11.4 Å². The molecular weight excluding hydrogens is 322 g/mol. The van der Waals surface area contributed by atoms with Gasteiger partial charge in [-0.3, -0.25) is 9.78 Å². The summed E-state index contributed by atoms with van der Waals surface area (Å²) in [6, 6.07) is 8.91. The van der Waals surface area contributed by atoms with Crippen molar-refractivity contribution in [1.29, 1.82) is 0 Å². The fourth-order valence-electron chi connectivity index (χ4n) is 1.56. The Bertz CT molecular complexity index is 604. The smallest absolute Gasteiger partial charge is 0.227 e. The third kappa shape index (κ3) is 4.24. The number of nitrogen functional groups attached to an aromatic ring is 1. The molecule has 1 amide bonds. The number of pyridine rings is 1. The van der Waals surface area contributed by atoms with Crippen LogP contribution >= 0.6 is 15.9 Å². The highest BCUT2D eigenvalue weighted by Crippen LogP contribution is 2.18. The van der Waals surface area contributed by atoms with E-state index in [1.54, 1.807) is 30.6 Å². The summed E-state index contributed by atoms with van der Waals surface area (Å²) in [6.07, 6.45) is 3.50. The van der Waals surface area contributed by atoms with E-state index in [2.05, 4.69) is 26.2 Å². The van der Waals surface area contributed by atoms with Gasteiger partial charge >= 0.3 is 0 Å². The standard InChI is InChI=1S/C14H14BrN3O2/c15-10-7-11(9-17-8-10)20-6-5-14(19)18-13-4-2-1-3-12(13)16/h1-4,7-9H,5-6,16H2,(H,18,19). The van der Waals surface area contributed by atoms with Crippen molar-refractivity contribution in [3.8, 4) is 5.75 Å². The summed E-state index contributed by atoms with van der Waals surface area (Å²) in [5.41, 5.74) is 6.90. The van der Waals surface area contributed by atoms with Gasteiger partial charge in [-0.05, 0) is 34.1 Å². The van der Waals surface area contributed by atoms with Crippen LogP contribution in [0, 0.1) is 0 Å². The number of anilines is 2. The van der Waals surface area contributed by atoms with Crippen molar-refractivity contribution in [2.45, 2.75) is 6.42 Å². The van der Waals surface area contributed by atoms with Gasteiger partial charge in [0.15, 0.2) is 0 Å². The van der Waals surface area contributed by atoms with Crippen molar-refractivity contribution < 1.29 is 9.53 Å². The van der Waals surface area contributed by atoms with Crippen molar-refractivity contribution >= 4 is 33.2 Å². The van der Waals surface area contributed by atoms with Crippen molar-refractivity contribution in [2.24, 2.45) is 0 Å². The van der Waals surface area contributed by atoms with Crippen LogP contribution in [0.5, 0.6) is 5.75 Å². The van der Waals surface area contributed by atoms with Gasteiger partial charge in [-0.2, -0.15) is 0 Å². The molecule has 0 unspecified atom stereocenters. The van der Waals surface area contributed by atoms with E-state index in [1.807, 2.05) is 12.1 Å². The highest BCUT2D eigenvalue weighted by Gasteiger charge is 2.05. The quantitative estimate of drug-likeness (QED) is 0.823. The largest absolute Gasteiger partial charge is 0.491 e. The molecule has 0 saturated heterocycles. The summed E-state index contributed by atoms with van der Waals surface area (Å²) in [5, 5.41) is 2.74. The van der Waals surface area contributed by atoms with Gasteiger partial charge in [0.2, 0.25) is 5.91 Å². The second-order valence-electron chi connectivity index (χ2n) is 4.07. The van der Waals surface area contributed by atoms with E-state index in [1.165, 1.54) is 0 Å². The first-order chi connectivity index (χ1) is 9.65. The number of carbonyl (C=O) groups excluding carboxylic acids is 1. The Morgan fingerprint density at radius 2 is 2.15 bits per heavy atom. The molecular formula is C14H14BrN3O2. The molecule has 0 saturated carbocycles. The molecule has 0 aliphatic heterocycles. The second kappa shape index (κ2) is 6.91. The average Bonchev–Trinajstić information content (AvgIpc) is 2.41. The number of ether oxygens (including phenoxy) is 1. The number of benzene rings is 1. The predicted molar refractivity (Wildman–Crippen MR) is 81.5 cm³/mol. The maximum atomic E-state index is 11.8. The Morgan fingerprint density at radius 1 is 1.35 bits per heavy atom. The minimum Gasteiger partial charge on any atom is -0.491 e. The Balaban J connectivity index is 1.80. The van der Waals surface area contributed by atoms with Gasteiger partial charge in [0, 0.05) is 10.7 Å². The molecule has 6 heteroatoms. The molecule has 0 aliphatic rings. The van der Waals surface area contributed by atoms with Crippen molar-refractivity contribution in [3.05, 3.63) is 47.2 Å². The molecule has 3 N–H and O–H groups in total. The number of halogens is 1. The lowest BCUT2D eigenvalue weighted by molar-refractivity contribution is -0.116. The van der Waals surface area contributed by atoms with E-state index in [9.17, 15) is 4.79 Å². The Morgan fingerprint density at radius 3 is 2.90 bits per heavy atom. The minimum absolute atomic E-state index is 0.147. The summed E-state index contributed by atoms with van der Waals surface area (Å²) in [4.78, 5) is 15.7. The highest BCUT2D eigenvalue weighted by atomic mass is 79.9. The number of nitrogens with zero attached hydrogens (tertiary/aromatic N) is 1. The Labute approximate surface area is 125 Å². The highest BCUT2D eigenvalue weighted by molar-refractivity contribution is 9.10. The lowest BCUT2D eigenvalue weighted by Gasteiger charge is -2.08. The zero-order valence-electron chi connectivity index (χ0n) is 10.7. The number of hydrogen-bond donors (Lipinski definition) is 2. The van der Waals surface area contributed by atoms with Crippen LogP contribution in [0.25, 0.3) is 0 Å². The van der Waals surface area contributed by atoms with Gasteiger partial charge in [0.05, 0.1) is 30.6 Å². The zero-order valence-corrected chi connectivity index (χ0v) is 12.3. The van der Waals surface area contributed by atoms with Gasteiger partial charge in [-0.15, -0.1) is 0 Å². The van der Waals surface area contributed by atoms with E-state index >= 15 is 0 Å². The van der Waals surface area contributed by atoms with E-state index in [-0.39, 0.29) is 18.9 Å². The first kappa shape index (κ1) is 14.3. The van der Waals surface area contributed by atoms with Crippen LogP contribution in [0.2, 0.25) is 0 Å². The summed E-state index contributed by atoms with van der Waals surface area (Å²) in [6.45, 7) is 0.275. The van der Waals surface area contributed by atoms with E-state index in [0.29, 0.717) is 17.1 Å². The van der Waals surface area contributed by atoms with Crippen LogP contribution in [0.3, 0.4) is 0 Å². The number of para-hydroxylation sites is 2. The van der Waals surface area contributed by atoms with Crippen LogP contribution in [0.1, 0.15) is 6.42 Å². The minimum atomic E-state index is -0.147. The molecule has 0 fully saturated rings. The number of amides is 1. The number of nitrogens with one attached hydrogen (secondary N) is 1. The predicted octanol–water partition coefficient (Wildman–Crippen LogP) is 2.83. The SMILES string of the molecule is Nc1ccccc1NC(=O)CCOc1cncc(Br)c1. The monoisotopic (exact) mass is 335 g/mol. The summed E-state index contributed by atoms with van der Waals surface area (Å²) >= 11 is 3.30. The number of aromatic nitrogens is 1. The van der Waals surface area contributed by atoms with Crippen LogP contribution < -0.4 is 15.8 Å². The lowest BCUT2D eigenvalue weighted by Crippen LogP contribution is -2.16. The molecule has 0 radical (unpaired) electrons. The Kier molecular flexibility index (Phi) is 4.95. The topological polar surface area (TPSA) is 77.2 Å². The molecule has 0 aliphatic carbocycles. The number of carbonyl (C=O) groups is 1. The molecule has 0 spiro atoms. The molecule has 1 aromatic heterocycles. The van der Waals surface area contributed by atoms with E-state index < -0.39 is 0 Å². The lowest BCUT2D eigenvalue weighted by atomic mass is 10.2. The third-order valence-corrected chi connectivity index (χ3v) is 2.95. The van der Waals surface area contributed by atoms with Crippen LogP contribution in [-0.4, -0.2) is 17.5 Å².